The average Bonchev–Trinajstić information content (AvgIpc) is 2.74. The molecule has 0 unspecified atom stereocenters. The summed E-state index contributed by atoms with van der Waals surface area (Å²) in [6.45, 7) is 2.95. The molecule has 0 saturated heterocycles. The van der Waals surface area contributed by atoms with Crippen LogP contribution in [0.5, 0.6) is 0 Å². The average molecular weight is 230 g/mol. The summed E-state index contributed by atoms with van der Waals surface area (Å²) < 4.78 is 1.79. The van der Waals surface area contributed by atoms with Crippen LogP contribution in [0.25, 0.3) is 0 Å². The highest BCUT2D eigenvalue weighted by Gasteiger charge is 2.02. The molecule has 90 valence electrons. The maximum absolute atomic E-state index is 3.91. The van der Waals surface area contributed by atoms with Crippen LogP contribution in [0.1, 0.15) is 24.6 Å². The molecule has 4 nitrogen and oxygen atoms in total. The van der Waals surface area contributed by atoms with Crippen molar-refractivity contribution in [1.29, 1.82) is 0 Å². The van der Waals surface area contributed by atoms with E-state index in [0.717, 1.165) is 25.1 Å². The summed E-state index contributed by atoms with van der Waals surface area (Å²) >= 11 is 0. The first kappa shape index (κ1) is 11.6. The van der Waals surface area contributed by atoms with Crippen molar-refractivity contribution in [2.75, 3.05) is 5.32 Å². The fourth-order valence-corrected chi connectivity index (χ4v) is 1.84. The largest absolute Gasteiger partial charge is 0.379 e. The monoisotopic (exact) mass is 230 g/mol. The molecule has 0 saturated carbocycles. The van der Waals surface area contributed by atoms with Gasteiger partial charge in [-0.05, 0) is 18.1 Å². The van der Waals surface area contributed by atoms with Crippen LogP contribution >= 0.6 is 0 Å². The Morgan fingerprint density at radius 2 is 2.12 bits per heavy atom. The highest BCUT2D eigenvalue weighted by Crippen LogP contribution is 2.17. The number of para-hydroxylation sites is 1. The van der Waals surface area contributed by atoms with E-state index in [1.165, 1.54) is 11.3 Å². The van der Waals surface area contributed by atoms with E-state index in [2.05, 4.69) is 46.8 Å². The van der Waals surface area contributed by atoms with Gasteiger partial charge in [0.1, 0.15) is 0 Å². The lowest BCUT2D eigenvalue weighted by Gasteiger charge is -2.11. The molecule has 0 aliphatic heterocycles. The third-order valence-corrected chi connectivity index (χ3v) is 2.80. The molecule has 1 N–H and O–H groups in total. The molecule has 2 aromatic rings. The summed E-state index contributed by atoms with van der Waals surface area (Å²) in [5.74, 6) is 0. The zero-order valence-corrected chi connectivity index (χ0v) is 10.3. The number of hydrogen-bond donors (Lipinski definition) is 1. The second kappa shape index (κ2) is 5.48. The molecule has 0 spiro atoms. The highest BCUT2D eigenvalue weighted by atomic mass is 15.4. The fourth-order valence-electron chi connectivity index (χ4n) is 1.84. The number of aryl methyl sites for hydroxylation is 2. The van der Waals surface area contributed by atoms with Crippen molar-refractivity contribution >= 4 is 5.69 Å². The Hall–Kier alpha value is -1.84. The maximum atomic E-state index is 3.91. The van der Waals surface area contributed by atoms with Crippen LogP contribution in [-0.4, -0.2) is 15.0 Å². The van der Waals surface area contributed by atoms with Gasteiger partial charge >= 0.3 is 0 Å². The Morgan fingerprint density at radius 1 is 1.29 bits per heavy atom. The summed E-state index contributed by atoms with van der Waals surface area (Å²) in [6, 6.07) is 8.44. The van der Waals surface area contributed by atoms with E-state index in [1.54, 1.807) is 10.9 Å². The van der Waals surface area contributed by atoms with Crippen LogP contribution in [0.2, 0.25) is 0 Å². The van der Waals surface area contributed by atoms with Crippen LogP contribution in [0.15, 0.2) is 30.5 Å². The van der Waals surface area contributed by atoms with Gasteiger partial charge in [0.25, 0.3) is 0 Å². The summed E-state index contributed by atoms with van der Waals surface area (Å²) in [7, 11) is 1.90. The number of nitrogens with zero attached hydrogens (tertiary/aromatic N) is 3. The first-order valence-electron chi connectivity index (χ1n) is 5.96. The second-order valence-corrected chi connectivity index (χ2v) is 4.11. The zero-order chi connectivity index (χ0) is 12.1. The number of benzene rings is 1. The van der Waals surface area contributed by atoms with E-state index in [4.69, 9.17) is 0 Å². The summed E-state index contributed by atoms with van der Waals surface area (Å²) in [5, 5.41) is 11.2. The Labute approximate surface area is 102 Å². The second-order valence-electron chi connectivity index (χ2n) is 4.11. The number of hydrogen-bond acceptors (Lipinski definition) is 3. The quantitative estimate of drug-likeness (QED) is 0.857. The SMILES string of the molecule is CCCc1ccccc1NCc1cnnn1C. The molecule has 0 amide bonds. The van der Waals surface area contributed by atoms with Crippen molar-refractivity contribution in [3.05, 3.63) is 41.7 Å². The lowest BCUT2D eigenvalue weighted by Crippen LogP contribution is -2.06. The maximum Gasteiger partial charge on any atom is 0.0774 e. The minimum atomic E-state index is 0.754. The van der Waals surface area contributed by atoms with E-state index in [-0.39, 0.29) is 0 Å². The van der Waals surface area contributed by atoms with Crippen molar-refractivity contribution in [3.8, 4) is 0 Å². The van der Waals surface area contributed by atoms with Crippen LogP contribution in [0.4, 0.5) is 5.69 Å². The highest BCUT2D eigenvalue weighted by molar-refractivity contribution is 5.51. The van der Waals surface area contributed by atoms with E-state index in [9.17, 15) is 0 Å². The van der Waals surface area contributed by atoms with Crippen molar-refractivity contribution in [2.24, 2.45) is 7.05 Å². The van der Waals surface area contributed by atoms with Gasteiger partial charge < -0.3 is 5.32 Å². The van der Waals surface area contributed by atoms with E-state index in [0.29, 0.717) is 0 Å². The third kappa shape index (κ3) is 2.84. The van der Waals surface area contributed by atoms with Gasteiger partial charge in [0.2, 0.25) is 0 Å². The van der Waals surface area contributed by atoms with Crippen LogP contribution in [0, 0.1) is 0 Å². The molecule has 0 fully saturated rings. The zero-order valence-electron chi connectivity index (χ0n) is 10.3. The molecule has 0 aliphatic carbocycles. The van der Waals surface area contributed by atoms with Gasteiger partial charge in [0.15, 0.2) is 0 Å². The predicted molar refractivity (Wildman–Crippen MR) is 68.8 cm³/mol. The van der Waals surface area contributed by atoms with Gasteiger partial charge in [0.05, 0.1) is 18.4 Å². The van der Waals surface area contributed by atoms with Gasteiger partial charge in [-0.15, -0.1) is 5.10 Å². The molecule has 1 aromatic heterocycles. The van der Waals surface area contributed by atoms with Crippen LogP contribution < -0.4 is 5.32 Å². The molecule has 4 heteroatoms. The van der Waals surface area contributed by atoms with Crippen molar-refractivity contribution in [2.45, 2.75) is 26.3 Å². The number of aromatic nitrogens is 3. The normalized spacial score (nSPS) is 10.5. The summed E-state index contributed by atoms with van der Waals surface area (Å²) in [6.07, 6.45) is 4.05. The molecule has 1 heterocycles. The third-order valence-electron chi connectivity index (χ3n) is 2.80. The van der Waals surface area contributed by atoms with E-state index in [1.807, 2.05) is 7.05 Å². The molecule has 0 bridgehead atoms. The first-order valence-corrected chi connectivity index (χ1v) is 5.96. The van der Waals surface area contributed by atoms with E-state index < -0.39 is 0 Å². The van der Waals surface area contributed by atoms with Crippen LogP contribution in [0.3, 0.4) is 0 Å². The van der Waals surface area contributed by atoms with Gasteiger partial charge in [0, 0.05) is 12.7 Å². The molecule has 0 aliphatic rings. The summed E-state index contributed by atoms with van der Waals surface area (Å²) in [4.78, 5) is 0. The van der Waals surface area contributed by atoms with Gasteiger partial charge in [-0.3, -0.25) is 4.68 Å². The minimum Gasteiger partial charge on any atom is -0.379 e. The minimum absolute atomic E-state index is 0.754. The van der Waals surface area contributed by atoms with Crippen molar-refractivity contribution < 1.29 is 0 Å². The van der Waals surface area contributed by atoms with Crippen LogP contribution in [-0.2, 0) is 20.0 Å². The molecule has 1 aromatic carbocycles. The van der Waals surface area contributed by atoms with Crippen molar-refractivity contribution in [1.82, 2.24) is 15.0 Å². The molecular weight excluding hydrogens is 212 g/mol. The molecule has 0 atom stereocenters. The Morgan fingerprint density at radius 3 is 2.82 bits per heavy atom. The molecule has 0 radical (unpaired) electrons. The standard InChI is InChI=1S/C13H18N4/c1-3-6-11-7-4-5-8-13(11)14-9-12-10-15-16-17(12)2/h4-5,7-8,10,14H,3,6,9H2,1-2H3. The molecule has 17 heavy (non-hydrogen) atoms. The summed E-state index contributed by atoms with van der Waals surface area (Å²) in [5.41, 5.74) is 3.65. The van der Waals surface area contributed by atoms with Crippen molar-refractivity contribution in [3.63, 3.8) is 0 Å². The first-order chi connectivity index (χ1) is 8.31. The molecular formula is C13H18N4. The fraction of sp³-hybridized carbons (Fsp3) is 0.385. The number of rotatable bonds is 5. The lowest BCUT2D eigenvalue weighted by atomic mass is 10.1. The van der Waals surface area contributed by atoms with Gasteiger partial charge in [-0.2, -0.15) is 0 Å². The Balaban J connectivity index is 2.06. The Bertz CT molecular complexity index is 476. The molecule has 2 rings (SSSR count). The van der Waals surface area contributed by atoms with E-state index >= 15 is 0 Å². The van der Waals surface area contributed by atoms with Gasteiger partial charge in [-0.25, -0.2) is 0 Å². The van der Waals surface area contributed by atoms with Gasteiger partial charge in [-0.1, -0.05) is 36.8 Å². The topological polar surface area (TPSA) is 42.7 Å². The predicted octanol–water partition coefficient (Wildman–Crippen LogP) is 2.38. The Kier molecular flexibility index (Phi) is 3.75. The number of nitrogens with one attached hydrogen (secondary N) is 1. The lowest BCUT2D eigenvalue weighted by molar-refractivity contribution is 0.683. The number of anilines is 1. The smallest absolute Gasteiger partial charge is 0.0774 e.